The number of piperidine rings is 1. The molecule has 0 bridgehead atoms. The molecule has 2 fully saturated rings. The van der Waals surface area contributed by atoms with Crippen LogP contribution in [0.1, 0.15) is 52.9 Å². The van der Waals surface area contributed by atoms with Crippen LogP contribution in [-0.2, 0) is 4.74 Å². The number of halogens is 1. The van der Waals surface area contributed by atoms with E-state index in [0.29, 0.717) is 6.04 Å². The molecule has 2 aliphatic heterocycles. The fourth-order valence-corrected chi connectivity index (χ4v) is 9.80. The molecule has 130 valence electrons. The molecule has 22 heavy (non-hydrogen) atoms. The molecule has 0 aromatic carbocycles. The van der Waals surface area contributed by atoms with Gasteiger partial charge in [-0.05, 0) is 0 Å². The van der Waals surface area contributed by atoms with E-state index < -0.39 is 19.8 Å². The second-order valence-corrected chi connectivity index (χ2v) is 14.1. The number of ether oxygens (including phenoxy) is 1. The van der Waals surface area contributed by atoms with E-state index in [4.69, 9.17) is 10.5 Å². The van der Waals surface area contributed by atoms with Gasteiger partial charge in [0.2, 0.25) is 0 Å². The van der Waals surface area contributed by atoms with Gasteiger partial charge in [-0.25, -0.2) is 0 Å². The zero-order valence-corrected chi connectivity index (χ0v) is 16.6. The van der Waals surface area contributed by atoms with Gasteiger partial charge in [0, 0.05) is 0 Å². The summed E-state index contributed by atoms with van der Waals surface area (Å²) in [5.41, 5.74) is 5.61. The summed E-state index contributed by atoms with van der Waals surface area (Å²) < 4.78 is 9.92. The monoisotopic (exact) mass is 424 g/mol. The molecule has 2 heterocycles. The first-order chi connectivity index (χ1) is 10.3. The van der Waals surface area contributed by atoms with Gasteiger partial charge >= 0.3 is 143 Å². The molecule has 2 aliphatic rings. The molecule has 2 N–H and O–H groups in total. The van der Waals surface area contributed by atoms with E-state index in [1.807, 2.05) is 25.7 Å². The van der Waals surface area contributed by atoms with Crippen molar-refractivity contribution in [2.45, 2.75) is 64.5 Å². The van der Waals surface area contributed by atoms with Crippen LogP contribution in [0.15, 0.2) is 0 Å². The first-order valence-corrected chi connectivity index (χ1v) is 13.2. The first kappa shape index (κ1) is 18.3. The number of nitrogens with zero attached hydrogens (tertiary/aromatic N) is 1. The minimum atomic E-state index is -0.661. The third-order valence-electron chi connectivity index (χ3n) is 4.55. The van der Waals surface area contributed by atoms with Crippen molar-refractivity contribution in [2.24, 2.45) is 11.7 Å². The fraction of sp³-hybridized carbons (Fsp3) is 0.941. The van der Waals surface area contributed by atoms with Crippen LogP contribution in [0.3, 0.4) is 0 Å². The van der Waals surface area contributed by atoms with Crippen molar-refractivity contribution < 1.29 is 9.53 Å². The van der Waals surface area contributed by atoms with Crippen LogP contribution in [0.4, 0.5) is 4.79 Å². The average molecular weight is 424 g/mol. The standard InChI is InChI=1S/C17H33IN2O2/c1-17(2,3)22-16(21)20-12-7-14(8-13-20)4-9-18-10-5-15(19)6-11-18/h14-15H,4-13,19H2,1-3H3. The summed E-state index contributed by atoms with van der Waals surface area (Å²) >= 11 is -0.661. The molecule has 1 amide bonds. The number of hydrogen-bond acceptors (Lipinski definition) is 3. The van der Waals surface area contributed by atoms with Crippen molar-refractivity contribution in [3.05, 3.63) is 0 Å². The van der Waals surface area contributed by atoms with Crippen LogP contribution in [0.25, 0.3) is 0 Å². The summed E-state index contributed by atoms with van der Waals surface area (Å²) in [7, 11) is 0. The van der Waals surface area contributed by atoms with Gasteiger partial charge in [-0.1, -0.05) is 0 Å². The minimum absolute atomic E-state index is 0.136. The Morgan fingerprint density at radius 3 is 2.32 bits per heavy atom. The Balaban J connectivity index is 1.64. The summed E-state index contributed by atoms with van der Waals surface area (Å²) in [6, 6.07) is 0.491. The number of rotatable bonds is 3. The zero-order valence-electron chi connectivity index (χ0n) is 14.4. The number of carbonyl (C=O) groups excluding carboxylic acids is 1. The van der Waals surface area contributed by atoms with Crippen molar-refractivity contribution in [1.82, 2.24) is 4.90 Å². The van der Waals surface area contributed by atoms with Gasteiger partial charge in [0.1, 0.15) is 0 Å². The maximum atomic E-state index is 12.1. The van der Waals surface area contributed by atoms with E-state index in [0.717, 1.165) is 31.8 Å². The molecule has 0 aromatic heterocycles. The number of likely N-dealkylation sites (tertiary alicyclic amines) is 1. The molecule has 2 rings (SSSR count). The fourth-order valence-electron chi connectivity index (χ4n) is 3.06. The summed E-state index contributed by atoms with van der Waals surface area (Å²) in [6.45, 7) is 7.54. The van der Waals surface area contributed by atoms with Crippen LogP contribution >= 0.6 is 19.8 Å². The van der Waals surface area contributed by atoms with Crippen molar-refractivity contribution in [3.63, 3.8) is 0 Å². The first-order valence-electron chi connectivity index (χ1n) is 8.64. The Kier molecular flexibility index (Phi) is 6.80. The summed E-state index contributed by atoms with van der Waals surface area (Å²) in [5.74, 6) is 0.826. The van der Waals surface area contributed by atoms with Crippen LogP contribution in [0.5, 0.6) is 0 Å². The molecule has 0 radical (unpaired) electrons. The predicted molar refractivity (Wildman–Crippen MR) is 101 cm³/mol. The van der Waals surface area contributed by atoms with Crippen molar-refractivity contribution in [3.8, 4) is 0 Å². The molecule has 0 saturated carbocycles. The van der Waals surface area contributed by atoms with Gasteiger partial charge in [0.15, 0.2) is 0 Å². The summed E-state index contributed by atoms with van der Waals surface area (Å²) in [4.78, 5) is 13.9. The molecule has 0 spiro atoms. The summed E-state index contributed by atoms with van der Waals surface area (Å²) in [6.07, 6.45) is 6.13. The Bertz CT molecular complexity index is 354. The van der Waals surface area contributed by atoms with Crippen molar-refractivity contribution in [2.75, 3.05) is 26.4 Å². The SMILES string of the molecule is CC(C)(C)OC(=O)N1CCC(CCI2CCC(N)CC2)CC1. The van der Waals surface area contributed by atoms with Crippen LogP contribution in [-0.4, -0.2) is 49.0 Å². The predicted octanol–water partition coefficient (Wildman–Crippen LogP) is 3.65. The van der Waals surface area contributed by atoms with E-state index >= 15 is 0 Å². The quantitative estimate of drug-likeness (QED) is 0.556. The van der Waals surface area contributed by atoms with Crippen LogP contribution in [0, 0.1) is 5.92 Å². The van der Waals surface area contributed by atoms with E-state index in [-0.39, 0.29) is 11.7 Å². The van der Waals surface area contributed by atoms with Crippen molar-refractivity contribution >= 4 is 25.9 Å². The maximum absolute atomic E-state index is 12.1. The van der Waals surface area contributed by atoms with E-state index in [1.54, 1.807) is 0 Å². The molecule has 2 saturated heterocycles. The number of nitrogens with two attached hydrogens (primary N) is 1. The molecule has 5 heteroatoms. The molecular formula is C17H33IN2O2. The number of hydrogen-bond donors (Lipinski definition) is 1. The molecule has 4 nitrogen and oxygen atoms in total. The van der Waals surface area contributed by atoms with Gasteiger partial charge in [-0.2, -0.15) is 0 Å². The second-order valence-electron chi connectivity index (χ2n) is 7.67. The Labute approximate surface area is 142 Å². The zero-order chi connectivity index (χ0) is 16.2. The average Bonchev–Trinajstić information content (AvgIpc) is 2.45. The second kappa shape index (κ2) is 8.18. The number of alkyl halides is 3. The summed E-state index contributed by atoms with van der Waals surface area (Å²) in [5, 5.41) is 0. The van der Waals surface area contributed by atoms with E-state index in [1.165, 1.54) is 32.5 Å². The third-order valence-corrected chi connectivity index (χ3v) is 11.0. The van der Waals surface area contributed by atoms with Crippen LogP contribution in [0.2, 0.25) is 0 Å². The topological polar surface area (TPSA) is 55.6 Å². The molecule has 0 atom stereocenters. The molecular weight excluding hydrogens is 391 g/mol. The van der Waals surface area contributed by atoms with Gasteiger partial charge in [0.25, 0.3) is 0 Å². The molecule has 0 aliphatic carbocycles. The van der Waals surface area contributed by atoms with E-state index in [9.17, 15) is 4.79 Å². The molecule has 0 aromatic rings. The Morgan fingerprint density at radius 2 is 1.77 bits per heavy atom. The van der Waals surface area contributed by atoms with Gasteiger partial charge < -0.3 is 0 Å². The molecule has 0 unspecified atom stereocenters. The van der Waals surface area contributed by atoms with E-state index in [2.05, 4.69) is 0 Å². The third kappa shape index (κ3) is 6.22. The Hall–Kier alpha value is -0.0400. The van der Waals surface area contributed by atoms with Crippen LogP contribution < -0.4 is 5.73 Å². The van der Waals surface area contributed by atoms with Gasteiger partial charge in [0.05, 0.1) is 0 Å². The normalized spacial score (nSPS) is 23.6. The number of amides is 1. The Morgan fingerprint density at radius 1 is 1.18 bits per heavy atom. The van der Waals surface area contributed by atoms with Gasteiger partial charge in [-0.15, -0.1) is 0 Å². The number of carbonyl (C=O) groups is 1. The van der Waals surface area contributed by atoms with Gasteiger partial charge in [-0.3, -0.25) is 0 Å². The van der Waals surface area contributed by atoms with Crippen molar-refractivity contribution in [1.29, 1.82) is 0 Å².